The van der Waals surface area contributed by atoms with E-state index < -0.39 is 0 Å². The average molecular weight is 359 g/mol. The number of hydrogen-bond donors (Lipinski definition) is 2. The molecule has 2 aliphatic rings. The number of carbonyl (C=O) groups excluding carboxylic acids is 1. The molecule has 0 saturated carbocycles. The molecule has 0 aromatic heterocycles. The highest BCUT2D eigenvalue weighted by atomic mass is 16.2. The van der Waals surface area contributed by atoms with Crippen molar-refractivity contribution in [1.29, 1.82) is 0 Å². The topological polar surface area (TPSA) is 47.6 Å². The van der Waals surface area contributed by atoms with E-state index in [1.54, 1.807) is 0 Å². The number of aryl methyl sites for hydroxylation is 1. The molecule has 144 valence electrons. The first-order chi connectivity index (χ1) is 12.5. The summed E-state index contributed by atoms with van der Waals surface area (Å²) >= 11 is 0. The predicted octanol–water partition coefficient (Wildman–Crippen LogP) is 2.01. The van der Waals surface area contributed by atoms with E-state index in [-0.39, 0.29) is 11.9 Å². The summed E-state index contributed by atoms with van der Waals surface area (Å²) in [5, 5.41) is 6.63. The van der Waals surface area contributed by atoms with Gasteiger partial charge >= 0.3 is 0 Å². The van der Waals surface area contributed by atoms with Crippen LogP contribution in [0.2, 0.25) is 0 Å². The van der Waals surface area contributed by atoms with Gasteiger partial charge in [-0.15, -0.1) is 0 Å². The molecule has 5 heteroatoms. The molecule has 5 nitrogen and oxygen atoms in total. The summed E-state index contributed by atoms with van der Waals surface area (Å²) in [6.07, 6.45) is 3.39. The highest BCUT2D eigenvalue weighted by Crippen LogP contribution is 2.41. The summed E-state index contributed by atoms with van der Waals surface area (Å²) in [6, 6.07) is 8.59. The van der Waals surface area contributed by atoms with Gasteiger partial charge in [0.15, 0.2) is 0 Å². The lowest BCUT2D eigenvalue weighted by Gasteiger charge is -2.33. The lowest BCUT2D eigenvalue weighted by molar-refractivity contribution is -0.125. The third-order valence-corrected chi connectivity index (χ3v) is 6.14. The number of amides is 1. The summed E-state index contributed by atoms with van der Waals surface area (Å²) in [7, 11) is 2.10. The molecule has 1 spiro atoms. The lowest BCUT2D eigenvalue weighted by atomic mass is 9.77. The number of nitrogens with one attached hydrogen (secondary N) is 2. The molecule has 1 amide bonds. The monoisotopic (exact) mass is 358 g/mol. The Morgan fingerprint density at radius 1 is 1.38 bits per heavy atom. The molecule has 2 N–H and O–H groups in total. The van der Waals surface area contributed by atoms with Crippen molar-refractivity contribution in [3.05, 3.63) is 29.8 Å². The fraction of sp³-hybridized carbons (Fsp3) is 0.667. The zero-order valence-corrected chi connectivity index (χ0v) is 16.6. The van der Waals surface area contributed by atoms with Gasteiger partial charge in [-0.25, -0.2) is 0 Å². The maximum absolute atomic E-state index is 12.8. The first kappa shape index (κ1) is 19.2. The molecular formula is C21H34N4O. The SMILES string of the molecule is CCN(CCNC(=O)C1CC2(CCNCC2)CN1C)c1cccc(C)c1. The molecule has 2 fully saturated rings. The van der Waals surface area contributed by atoms with Crippen LogP contribution in [0.15, 0.2) is 24.3 Å². The second-order valence-electron chi connectivity index (χ2n) is 8.09. The average Bonchev–Trinajstić information content (AvgIpc) is 2.95. The molecule has 0 aliphatic carbocycles. The van der Waals surface area contributed by atoms with Crippen LogP contribution in [0.3, 0.4) is 0 Å². The minimum Gasteiger partial charge on any atom is -0.370 e. The number of piperidine rings is 1. The first-order valence-corrected chi connectivity index (χ1v) is 10.0. The van der Waals surface area contributed by atoms with E-state index in [9.17, 15) is 4.79 Å². The largest absolute Gasteiger partial charge is 0.370 e. The quantitative estimate of drug-likeness (QED) is 0.817. The van der Waals surface area contributed by atoms with Crippen LogP contribution < -0.4 is 15.5 Å². The molecule has 2 heterocycles. The van der Waals surface area contributed by atoms with Crippen molar-refractivity contribution in [1.82, 2.24) is 15.5 Å². The van der Waals surface area contributed by atoms with Crippen LogP contribution in [0.4, 0.5) is 5.69 Å². The summed E-state index contributed by atoms with van der Waals surface area (Å²) in [4.78, 5) is 17.3. The summed E-state index contributed by atoms with van der Waals surface area (Å²) in [5.74, 6) is 0.197. The Labute approximate surface area is 158 Å². The first-order valence-electron chi connectivity index (χ1n) is 10.0. The Bertz CT molecular complexity index is 612. The smallest absolute Gasteiger partial charge is 0.237 e. The van der Waals surface area contributed by atoms with Gasteiger partial charge < -0.3 is 15.5 Å². The van der Waals surface area contributed by atoms with Gasteiger partial charge in [0.1, 0.15) is 0 Å². The third-order valence-electron chi connectivity index (χ3n) is 6.14. The van der Waals surface area contributed by atoms with Crippen LogP contribution in [-0.2, 0) is 4.79 Å². The Balaban J connectivity index is 1.50. The highest BCUT2D eigenvalue weighted by molar-refractivity contribution is 5.82. The van der Waals surface area contributed by atoms with Crippen molar-refractivity contribution in [2.75, 3.05) is 51.2 Å². The number of benzene rings is 1. The number of nitrogens with zero attached hydrogens (tertiary/aromatic N) is 2. The molecule has 1 aromatic rings. The molecule has 2 saturated heterocycles. The summed E-state index contributed by atoms with van der Waals surface area (Å²) < 4.78 is 0. The molecule has 1 atom stereocenters. The Hall–Kier alpha value is -1.59. The minimum absolute atomic E-state index is 0.0298. The third kappa shape index (κ3) is 4.38. The second kappa shape index (κ2) is 8.40. The van der Waals surface area contributed by atoms with Gasteiger partial charge in [0.25, 0.3) is 0 Å². The Kier molecular flexibility index (Phi) is 6.20. The molecule has 3 rings (SSSR count). The number of carbonyl (C=O) groups is 1. The standard InChI is InChI=1S/C21H34N4O/c1-4-25(18-7-5-6-17(2)14-18)13-12-23-20(26)19-15-21(16-24(19)3)8-10-22-11-9-21/h5-7,14,19,22H,4,8-13,15-16H2,1-3H3,(H,23,26). The summed E-state index contributed by atoms with van der Waals surface area (Å²) in [6.45, 7) is 9.99. The van der Waals surface area contributed by atoms with Crippen LogP contribution in [0, 0.1) is 12.3 Å². The van der Waals surface area contributed by atoms with Crippen molar-refractivity contribution in [2.24, 2.45) is 5.41 Å². The number of anilines is 1. The van der Waals surface area contributed by atoms with E-state index in [0.717, 1.165) is 39.1 Å². The molecule has 2 aliphatic heterocycles. The highest BCUT2D eigenvalue weighted by Gasteiger charge is 2.45. The maximum Gasteiger partial charge on any atom is 0.237 e. The fourth-order valence-electron chi connectivity index (χ4n) is 4.61. The molecule has 0 bridgehead atoms. The van der Waals surface area contributed by atoms with Gasteiger partial charge in [0.05, 0.1) is 6.04 Å². The van der Waals surface area contributed by atoms with Gasteiger partial charge in [-0.1, -0.05) is 12.1 Å². The van der Waals surface area contributed by atoms with E-state index in [2.05, 4.69) is 65.6 Å². The van der Waals surface area contributed by atoms with Crippen molar-refractivity contribution in [3.8, 4) is 0 Å². The Morgan fingerprint density at radius 3 is 2.85 bits per heavy atom. The number of likely N-dealkylation sites (N-methyl/N-ethyl adjacent to an activating group) is 2. The molecule has 0 radical (unpaired) electrons. The van der Waals surface area contributed by atoms with Crippen LogP contribution in [0.25, 0.3) is 0 Å². The van der Waals surface area contributed by atoms with Crippen LogP contribution in [0.5, 0.6) is 0 Å². The number of likely N-dealkylation sites (tertiary alicyclic amines) is 1. The van der Waals surface area contributed by atoms with Crippen LogP contribution >= 0.6 is 0 Å². The molecule has 1 aromatic carbocycles. The van der Waals surface area contributed by atoms with Crippen LogP contribution in [-0.4, -0.2) is 63.2 Å². The zero-order valence-electron chi connectivity index (χ0n) is 16.6. The van der Waals surface area contributed by atoms with Crippen molar-refractivity contribution in [3.63, 3.8) is 0 Å². The van der Waals surface area contributed by atoms with E-state index >= 15 is 0 Å². The van der Waals surface area contributed by atoms with E-state index in [4.69, 9.17) is 0 Å². The minimum atomic E-state index is 0.0298. The van der Waals surface area contributed by atoms with Crippen molar-refractivity contribution in [2.45, 2.75) is 39.2 Å². The Morgan fingerprint density at radius 2 is 2.15 bits per heavy atom. The van der Waals surface area contributed by atoms with Crippen molar-refractivity contribution >= 4 is 11.6 Å². The number of rotatable bonds is 6. The fourth-order valence-corrected chi connectivity index (χ4v) is 4.61. The van der Waals surface area contributed by atoms with E-state index in [1.165, 1.54) is 24.1 Å². The molecule has 1 unspecified atom stereocenters. The van der Waals surface area contributed by atoms with Gasteiger partial charge in [-0.3, -0.25) is 9.69 Å². The predicted molar refractivity (Wildman–Crippen MR) is 108 cm³/mol. The molecule has 26 heavy (non-hydrogen) atoms. The van der Waals surface area contributed by atoms with Crippen molar-refractivity contribution < 1.29 is 4.79 Å². The number of hydrogen-bond acceptors (Lipinski definition) is 4. The second-order valence-corrected chi connectivity index (χ2v) is 8.09. The van der Waals surface area contributed by atoms with Crippen LogP contribution in [0.1, 0.15) is 31.7 Å². The van der Waals surface area contributed by atoms with Gasteiger partial charge in [-0.05, 0) is 76.4 Å². The lowest BCUT2D eigenvalue weighted by Crippen LogP contribution is -2.44. The van der Waals surface area contributed by atoms with Gasteiger partial charge in [0, 0.05) is 31.9 Å². The van der Waals surface area contributed by atoms with Gasteiger partial charge in [0.2, 0.25) is 5.91 Å². The maximum atomic E-state index is 12.8. The van der Waals surface area contributed by atoms with E-state index in [1.807, 2.05) is 0 Å². The summed E-state index contributed by atoms with van der Waals surface area (Å²) in [5.41, 5.74) is 2.84. The molecular weight excluding hydrogens is 324 g/mol. The zero-order chi connectivity index (χ0) is 18.6. The van der Waals surface area contributed by atoms with E-state index in [0.29, 0.717) is 12.0 Å². The van der Waals surface area contributed by atoms with Gasteiger partial charge in [-0.2, -0.15) is 0 Å². The normalized spacial score (nSPS) is 22.5.